The average molecular weight is 391 g/mol. The molecule has 0 spiro atoms. The van der Waals surface area contributed by atoms with Crippen molar-refractivity contribution >= 4 is 11.8 Å². The van der Waals surface area contributed by atoms with Crippen LogP contribution in [-0.4, -0.2) is 23.9 Å². The van der Waals surface area contributed by atoms with Gasteiger partial charge < -0.3 is 10.6 Å². The van der Waals surface area contributed by atoms with Crippen LogP contribution in [0.1, 0.15) is 104 Å². The minimum absolute atomic E-state index is 0.256. The third-order valence-corrected chi connectivity index (χ3v) is 7.83. The molecule has 3 rings (SSSR count). The Kier molecular flexibility index (Phi) is 8.23. The van der Waals surface area contributed by atoms with E-state index in [1.807, 2.05) is 0 Å². The molecule has 0 aromatic heterocycles. The van der Waals surface area contributed by atoms with E-state index >= 15 is 0 Å². The highest BCUT2D eigenvalue weighted by atomic mass is 16.2. The molecule has 0 heterocycles. The zero-order valence-corrected chi connectivity index (χ0v) is 18.2. The predicted octanol–water partition coefficient (Wildman–Crippen LogP) is 4.96. The molecule has 4 heteroatoms. The number of carbonyl (C=O) groups is 2. The Hall–Kier alpha value is -1.06. The Bertz CT molecular complexity index is 467. The number of hydrogen-bond donors (Lipinski definition) is 2. The van der Waals surface area contributed by atoms with Gasteiger partial charge in [0.25, 0.3) is 0 Å². The second-order valence-electron chi connectivity index (χ2n) is 10.2. The highest BCUT2D eigenvalue weighted by molar-refractivity contribution is 5.77. The van der Waals surface area contributed by atoms with Crippen molar-refractivity contribution in [1.29, 1.82) is 0 Å². The van der Waals surface area contributed by atoms with Gasteiger partial charge in [0.05, 0.1) is 0 Å². The minimum atomic E-state index is 0.256. The molecule has 0 aromatic carbocycles. The average Bonchev–Trinajstić information content (AvgIpc) is 2.67. The lowest BCUT2D eigenvalue weighted by Crippen LogP contribution is -2.42. The molecule has 28 heavy (non-hydrogen) atoms. The zero-order chi connectivity index (χ0) is 19.9. The third-order valence-electron chi connectivity index (χ3n) is 7.83. The summed E-state index contributed by atoms with van der Waals surface area (Å²) < 4.78 is 0. The van der Waals surface area contributed by atoms with Gasteiger partial charge in [-0.05, 0) is 75.0 Å². The van der Waals surface area contributed by atoms with Crippen molar-refractivity contribution in [2.75, 3.05) is 0 Å². The molecule has 0 radical (unpaired) electrons. The minimum Gasteiger partial charge on any atom is -0.353 e. The van der Waals surface area contributed by atoms with Crippen LogP contribution >= 0.6 is 0 Å². The van der Waals surface area contributed by atoms with Gasteiger partial charge in [-0.2, -0.15) is 0 Å². The lowest BCUT2D eigenvalue weighted by molar-refractivity contribution is -0.125. The summed E-state index contributed by atoms with van der Waals surface area (Å²) in [6.45, 7) is 4.54. The van der Waals surface area contributed by atoms with Crippen molar-refractivity contribution in [2.24, 2.45) is 23.7 Å². The quantitative estimate of drug-likeness (QED) is 0.673. The summed E-state index contributed by atoms with van der Waals surface area (Å²) >= 11 is 0. The Morgan fingerprint density at radius 3 is 1.32 bits per heavy atom. The lowest BCUT2D eigenvalue weighted by Gasteiger charge is -2.32. The summed E-state index contributed by atoms with van der Waals surface area (Å²) in [5.41, 5.74) is 0. The molecule has 2 N–H and O–H groups in total. The SMILES string of the molecule is CC1CCCCC1NC(=O)CC1CCC(CC(=O)NC2CCCCC2C)CC1. The largest absolute Gasteiger partial charge is 0.353 e. The molecular weight excluding hydrogens is 348 g/mol. The van der Waals surface area contributed by atoms with E-state index in [-0.39, 0.29) is 11.8 Å². The Morgan fingerprint density at radius 1 is 0.607 bits per heavy atom. The van der Waals surface area contributed by atoms with Crippen LogP contribution in [0.15, 0.2) is 0 Å². The summed E-state index contributed by atoms with van der Waals surface area (Å²) in [5, 5.41) is 6.61. The summed E-state index contributed by atoms with van der Waals surface area (Å²) in [5.74, 6) is 2.78. The first-order valence-corrected chi connectivity index (χ1v) is 12.1. The van der Waals surface area contributed by atoms with Gasteiger partial charge in [-0.3, -0.25) is 9.59 Å². The number of nitrogens with one attached hydrogen (secondary N) is 2. The van der Waals surface area contributed by atoms with Crippen LogP contribution in [0.25, 0.3) is 0 Å². The van der Waals surface area contributed by atoms with Crippen LogP contribution in [0.3, 0.4) is 0 Å². The molecule has 4 atom stereocenters. The Labute approximate surface area is 172 Å². The van der Waals surface area contributed by atoms with E-state index in [1.54, 1.807) is 0 Å². The highest BCUT2D eigenvalue weighted by Crippen LogP contribution is 2.33. The topological polar surface area (TPSA) is 58.2 Å². The van der Waals surface area contributed by atoms with Gasteiger partial charge in [0, 0.05) is 24.9 Å². The smallest absolute Gasteiger partial charge is 0.220 e. The molecule has 4 nitrogen and oxygen atoms in total. The molecule has 160 valence electrons. The highest BCUT2D eigenvalue weighted by Gasteiger charge is 2.28. The standard InChI is InChI=1S/C24H42N2O2/c1-17-7-3-5-9-21(17)25-23(27)15-19-11-13-20(14-12-19)16-24(28)26-22-10-6-4-8-18(22)2/h17-22H,3-16H2,1-2H3,(H,25,27)(H,26,28). The molecule has 0 aromatic rings. The van der Waals surface area contributed by atoms with Gasteiger partial charge >= 0.3 is 0 Å². The number of rotatable bonds is 6. The molecule has 3 saturated carbocycles. The van der Waals surface area contributed by atoms with Crippen molar-refractivity contribution in [1.82, 2.24) is 10.6 Å². The van der Waals surface area contributed by atoms with E-state index in [0.717, 1.165) is 38.5 Å². The van der Waals surface area contributed by atoms with Crippen LogP contribution in [0.2, 0.25) is 0 Å². The van der Waals surface area contributed by atoms with E-state index in [1.165, 1.54) is 38.5 Å². The molecule has 4 unspecified atom stereocenters. The van der Waals surface area contributed by atoms with Crippen molar-refractivity contribution in [3.63, 3.8) is 0 Å². The Balaban J connectivity index is 1.32. The van der Waals surface area contributed by atoms with Crippen molar-refractivity contribution < 1.29 is 9.59 Å². The first kappa shape index (κ1) is 21.6. The fraction of sp³-hybridized carbons (Fsp3) is 0.917. The third kappa shape index (κ3) is 6.49. The maximum Gasteiger partial charge on any atom is 0.220 e. The van der Waals surface area contributed by atoms with E-state index in [4.69, 9.17) is 0 Å². The van der Waals surface area contributed by atoms with Crippen molar-refractivity contribution in [3.05, 3.63) is 0 Å². The van der Waals surface area contributed by atoms with Gasteiger partial charge in [-0.25, -0.2) is 0 Å². The van der Waals surface area contributed by atoms with Crippen LogP contribution < -0.4 is 10.6 Å². The summed E-state index contributed by atoms with van der Waals surface area (Å²) in [6.07, 6.45) is 15.7. The number of carbonyl (C=O) groups excluding carboxylic acids is 2. The summed E-state index contributed by atoms with van der Waals surface area (Å²) in [4.78, 5) is 24.9. The van der Waals surface area contributed by atoms with E-state index in [2.05, 4.69) is 24.5 Å². The van der Waals surface area contributed by atoms with E-state index in [9.17, 15) is 9.59 Å². The molecule has 0 saturated heterocycles. The number of hydrogen-bond acceptors (Lipinski definition) is 2. The Morgan fingerprint density at radius 2 is 0.964 bits per heavy atom. The van der Waals surface area contributed by atoms with Crippen LogP contribution in [0.5, 0.6) is 0 Å². The lowest BCUT2D eigenvalue weighted by atomic mass is 9.78. The van der Waals surface area contributed by atoms with E-state index in [0.29, 0.717) is 48.6 Å². The molecule has 3 fully saturated rings. The van der Waals surface area contributed by atoms with E-state index < -0.39 is 0 Å². The maximum absolute atomic E-state index is 12.5. The summed E-state index contributed by atoms with van der Waals surface area (Å²) in [7, 11) is 0. The van der Waals surface area contributed by atoms with Crippen LogP contribution in [0.4, 0.5) is 0 Å². The molecule has 2 amide bonds. The normalized spacial score (nSPS) is 36.5. The predicted molar refractivity (Wildman–Crippen MR) is 114 cm³/mol. The molecular formula is C24H42N2O2. The fourth-order valence-corrected chi connectivity index (χ4v) is 5.76. The van der Waals surface area contributed by atoms with Crippen molar-refractivity contribution in [3.8, 4) is 0 Å². The van der Waals surface area contributed by atoms with Crippen LogP contribution in [-0.2, 0) is 9.59 Å². The summed E-state index contributed by atoms with van der Waals surface area (Å²) in [6, 6.07) is 0.784. The second-order valence-corrected chi connectivity index (χ2v) is 10.2. The number of amides is 2. The molecule has 3 aliphatic carbocycles. The van der Waals surface area contributed by atoms with Gasteiger partial charge in [-0.15, -0.1) is 0 Å². The van der Waals surface area contributed by atoms with Gasteiger partial charge in [0.2, 0.25) is 11.8 Å². The van der Waals surface area contributed by atoms with Gasteiger partial charge in [-0.1, -0.05) is 39.5 Å². The second kappa shape index (κ2) is 10.6. The fourth-order valence-electron chi connectivity index (χ4n) is 5.76. The monoisotopic (exact) mass is 390 g/mol. The first-order valence-electron chi connectivity index (χ1n) is 12.1. The molecule has 0 aliphatic heterocycles. The zero-order valence-electron chi connectivity index (χ0n) is 18.2. The molecule has 0 bridgehead atoms. The first-order chi connectivity index (χ1) is 13.5. The maximum atomic E-state index is 12.5. The van der Waals surface area contributed by atoms with Crippen LogP contribution in [0, 0.1) is 23.7 Å². The van der Waals surface area contributed by atoms with Gasteiger partial charge in [0.1, 0.15) is 0 Å². The molecule has 3 aliphatic rings. The van der Waals surface area contributed by atoms with Gasteiger partial charge in [0.15, 0.2) is 0 Å². The van der Waals surface area contributed by atoms with Crippen molar-refractivity contribution in [2.45, 2.75) is 116 Å².